The highest BCUT2D eigenvalue weighted by Gasteiger charge is 2.13. The summed E-state index contributed by atoms with van der Waals surface area (Å²) < 4.78 is 10.6. The highest BCUT2D eigenvalue weighted by Crippen LogP contribution is 2.17. The summed E-state index contributed by atoms with van der Waals surface area (Å²) in [4.78, 5) is 39.6. The summed E-state index contributed by atoms with van der Waals surface area (Å²) in [5.74, 6) is -0.898. The summed E-state index contributed by atoms with van der Waals surface area (Å²) in [6, 6.07) is 5.83. The number of ether oxygens (including phenoxy) is 2. The van der Waals surface area contributed by atoms with Gasteiger partial charge in [0.1, 0.15) is 12.4 Å². The molecule has 0 unspecified atom stereocenters. The predicted octanol–water partition coefficient (Wildman–Crippen LogP) is 2.81. The van der Waals surface area contributed by atoms with E-state index in [1.807, 2.05) is 19.2 Å². The number of amides is 3. The molecule has 2 aromatic rings. The van der Waals surface area contributed by atoms with Crippen LogP contribution in [0.4, 0.5) is 4.79 Å². The van der Waals surface area contributed by atoms with Gasteiger partial charge in [-0.25, -0.2) is 14.6 Å². The van der Waals surface area contributed by atoms with Gasteiger partial charge in [0.25, 0.3) is 5.91 Å². The van der Waals surface area contributed by atoms with E-state index in [0.29, 0.717) is 18.9 Å². The lowest BCUT2D eigenvalue weighted by atomic mass is 10.2. The van der Waals surface area contributed by atoms with Crippen molar-refractivity contribution in [1.29, 1.82) is 0 Å². The second-order valence-corrected chi connectivity index (χ2v) is 6.97. The lowest BCUT2D eigenvalue weighted by Gasteiger charge is -2.08. The Morgan fingerprint density at radius 3 is 2.79 bits per heavy atom. The molecule has 2 rings (SSSR count). The van der Waals surface area contributed by atoms with Crippen LogP contribution in [0.3, 0.4) is 0 Å². The molecule has 0 saturated heterocycles. The van der Waals surface area contributed by atoms with Crippen molar-refractivity contribution < 1.29 is 23.9 Å². The number of aryl methyl sites for hydroxylation is 1. The second-order valence-electron chi connectivity index (χ2n) is 5.91. The minimum absolute atomic E-state index is 0.243. The molecular formula is C19H23N3O5S. The SMILES string of the molecule is CCCCNC(=O)NC(=O)COC(=O)c1cccc(OCc2csc(C)n2)c1. The van der Waals surface area contributed by atoms with Crippen molar-refractivity contribution in [3.05, 3.63) is 45.9 Å². The molecule has 0 bridgehead atoms. The molecule has 0 aliphatic heterocycles. The number of hydrogen-bond acceptors (Lipinski definition) is 7. The van der Waals surface area contributed by atoms with Gasteiger partial charge in [0.05, 0.1) is 16.3 Å². The molecule has 9 heteroatoms. The molecule has 8 nitrogen and oxygen atoms in total. The maximum atomic E-state index is 12.1. The fourth-order valence-electron chi connectivity index (χ4n) is 2.14. The van der Waals surface area contributed by atoms with E-state index in [0.717, 1.165) is 23.5 Å². The fraction of sp³-hybridized carbons (Fsp3) is 0.368. The van der Waals surface area contributed by atoms with Gasteiger partial charge in [-0.2, -0.15) is 0 Å². The smallest absolute Gasteiger partial charge is 0.338 e. The Hall–Kier alpha value is -2.94. The number of benzene rings is 1. The van der Waals surface area contributed by atoms with Gasteiger partial charge in [-0.1, -0.05) is 19.4 Å². The third kappa shape index (κ3) is 7.36. The summed E-state index contributed by atoms with van der Waals surface area (Å²) in [7, 11) is 0. The van der Waals surface area contributed by atoms with Crippen molar-refractivity contribution in [1.82, 2.24) is 15.6 Å². The zero-order valence-corrected chi connectivity index (χ0v) is 16.6. The summed E-state index contributed by atoms with van der Waals surface area (Å²) in [6.45, 7) is 4.12. The maximum Gasteiger partial charge on any atom is 0.338 e. The van der Waals surface area contributed by atoms with Gasteiger partial charge < -0.3 is 14.8 Å². The van der Waals surface area contributed by atoms with Crippen LogP contribution in [-0.4, -0.2) is 36.0 Å². The predicted molar refractivity (Wildman–Crippen MR) is 104 cm³/mol. The zero-order chi connectivity index (χ0) is 20.4. The Bertz CT molecular complexity index is 821. The van der Waals surface area contributed by atoms with Crippen LogP contribution in [0.15, 0.2) is 29.6 Å². The van der Waals surface area contributed by atoms with Crippen LogP contribution in [0.5, 0.6) is 5.75 Å². The van der Waals surface area contributed by atoms with Crippen molar-refractivity contribution in [2.45, 2.75) is 33.3 Å². The lowest BCUT2D eigenvalue weighted by molar-refractivity contribution is -0.123. The Balaban J connectivity index is 1.78. The number of nitrogens with one attached hydrogen (secondary N) is 2. The largest absolute Gasteiger partial charge is 0.487 e. The van der Waals surface area contributed by atoms with Crippen LogP contribution < -0.4 is 15.4 Å². The standard InChI is InChI=1S/C19H23N3O5S/c1-3-4-8-20-19(25)22-17(23)11-27-18(24)14-6-5-7-16(9-14)26-10-15-12-28-13(2)21-15/h5-7,9,12H,3-4,8,10-11H2,1-2H3,(H2,20,22,23,25). The number of urea groups is 1. The Labute approximate surface area is 167 Å². The Morgan fingerprint density at radius 2 is 2.07 bits per heavy atom. The molecule has 150 valence electrons. The second kappa shape index (κ2) is 11.0. The first-order valence-electron chi connectivity index (χ1n) is 8.86. The van der Waals surface area contributed by atoms with Gasteiger partial charge in [0.15, 0.2) is 6.61 Å². The van der Waals surface area contributed by atoms with Gasteiger partial charge in [0.2, 0.25) is 0 Å². The normalized spacial score (nSPS) is 10.2. The first-order valence-corrected chi connectivity index (χ1v) is 9.74. The van der Waals surface area contributed by atoms with Crippen molar-refractivity contribution in [3.63, 3.8) is 0 Å². The van der Waals surface area contributed by atoms with E-state index in [-0.39, 0.29) is 5.56 Å². The van der Waals surface area contributed by atoms with E-state index in [1.165, 1.54) is 17.4 Å². The van der Waals surface area contributed by atoms with Crippen molar-refractivity contribution in [3.8, 4) is 5.75 Å². The van der Waals surface area contributed by atoms with E-state index < -0.39 is 24.5 Å². The molecule has 0 fully saturated rings. The molecule has 1 aromatic heterocycles. The number of carbonyl (C=O) groups excluding carboxylic acids is 3. The number of nitrogens with zero attached hydrogens (tertiary/aromatic N) is 1. The molecule has 0 spiro atoms. The van der Waals surface area contributed by atoms with Gasteiger partial charge in [-0.05, 0) is 31.5 Å². The Kier molecular flexibility index (Phi) is 8.41. The number of thiazole rings is 1. The molecule has 1 aromatic carbocycles. The molecule has 28 heavy (non-hydrogen) atoms. The van der Waals surface area contributed by atoms with Gasteiger partial charge in [0, 0.05) is 11.9 Å². The van der Waals surface area contributed by atoms with Crippen LogP contribution >= 0.6 is 11.3 Å². The molecular weight excluding hydrogens is 382 g/mol. The molecule has 0 radical (unpaired) electrons. The third-order valence-electron chi connectivity index (χ3n) is 3.53. The number of unbranched alkanes of at least 4 members (excludes halogenated alkanes) is 1. The van der Waals surface area contributed by atoms with E-state index in [9.17, 15) is 14.4 Å². The van der Waals surface area contributed by atoms with Crippen molar-refractivity contribution in [2.24, 2.45) is 0 Å². The summed E-state index contributed by atoms with van der Waals surface area (Å²) in [6.07, 6.45) is 1.75. The van der Waals surface area contributed by atoms with Gasteiger partial charge in [-0.3, -0.25) is 10.1 Å². The molecule has 0 atom stereocenters. The molecule has 0 saturated carbocycles. The van der Waals surface area contributed by atoms with Crippen LogP contribution in [0.2, 0.25) is 0 Å². The maximum absolute atomic E-state index is 12.1. The molecule has 1 heterocycles. The monoisotopic (exact) mass is 405 g/mol. The molecule has 2 N–H and O–H groups in total. The van der Waals surface area contributed by atoms with E-state index >= 15 is 0 Å². The molecule has 3 amide bonds. The van der Waals surface area contributed by atoms with Crippen LogP contribution in [0.1, 0.15) is 40.8 Å². The number of imide groups is 1. The third-order valence-corrected chi connectivity index (χ3v) is 4.35. The number of rotatable bonds is 9. The highest BCUT2D eigenvalue weighted by molar-refractivity contribution is 7.09. The number of hydrogen-bond donors (Lipinski definition) is 2. The van der Waals surface area contributed by atoms with Crippen LogP contribution in [-0.2, 0) is 16.1 Å². The highest BCUT2D eigenvalue weighted by atomic mass is 32.1. The first-order chi connectivity index (χ1) is 13.5. The fourth-order valence-corrected chi connectivity index (χ4v) is 2.74. The van der Waals surface area contributed by atoms with E-state index in [1.54, 1.807) is 18.2 Å². The Morgan fingerprint density at radius 1 is 1.25 bits per heavy atom. The van der Waals surface area contributed by atoms with Gasteiger partial charge >= 0.3 is 12.0 Å². The average molecular weight is 405 g/mol. The van der Waals surface area contributed by atoms with Crippen molar-refractivity contribution in [2.75, 3.05) is 13.2 Å². The van der Waals surface area contributed by atoms with Crippen LogP contribution in [0.25, 0.3) is 0 Å². The van der Waals surface area contributed by atoms with Crippen molar-refractivity contribution >= 4 is 29.2 Å². The van der Waals surface area contributed by atoms with Gasteiger partial charge in [-0.15, -0.1) is 11.3 Å². The van der Waals surface area contributed by atoms with E-state index in [4.69, 9.17) is 9.47 Å². The minimum atomic E-state index is -0.700. The number of esters is 1. The summed E-state index contributed by atoms with van der Waals surface area (Å²) >= 11 is 1.53. The zero-order valence-electron chi connectivity index (χ0n) is 15.8. The topological polar surface area (TPSA) is 107 Å². The average Bonchev–Trinajstić information content (AvgIpc) is 3.10. The first kappa shape index (κ1) is 21.4. The number of carbonyl (C=O) groups is 3. The molecule has 0 aliphatic rings. The number of aromatic nitrogens is 1. The summed E-state index contributed by atoms with van der Waals surface area (Å²) in [5, 5.41) is 7.50. The lowest BCUT2D eigenvalue weighted by Crippen LogP contribution is -2.41. The minimum Gasteiger partial charge on any atom is -0.487 e. The van der Waals surface area contributed by atoms with E-state index in [2.05, 4.69) is 15.6 Å². The summed E-state index contributed by atoms with van der Waals surface area (Å²) in [5.41, 5.74) is 1.05. The molecule has 0 aliphatic carbocycles. The quantitative estimate of drug-likeness (QED) is 0.491. The van der Waals surface area contributed by atoms with Crippen LogP contribution in [0, 0.1) is 6.92 Å².